The van der Waals surface area contributed by atoms with E-state index in [2.05, 4.69) is 15.4 Å². The van der Waals surface area contributed by atoms with Gasteiger partial charge in [0.2, 0.25) is 0 Å². The van der Waals surface area contributed by atoms with Gasteiger partial charge in [-0.25, -0.2) is 15.9 Å². The first kappa shape index (κ1) is 24.9. The van der Waals surface area contributed by atoms with Gasteiger partial charge in [-0.1, -0.05) is 12.1 Å². The third kappa shape index (κ3) is 5.74. The molecule has 35 heavy (non-hydrogen) atoms. The number of rotatable bonds is 9. The number of benzene rings is 1. The van der Waals surface area contributed by atoms with Crippen LogP contribution in [0.25, 0.3) is 0 Å². The van der Waals surface area contributed by atoms with E-state index in [-0.39, 0.29) is 34.9 Å². The number of aliphatic hydroxyl groups is 1. The third-order valence-electron chi connectivity index (χ3n) is 7.70. The molecule has 2 aromatic rings. The van der Waals surface area contributed by atoms with Gasteiger partial charge in [-0.15, -0.1) is 5.10 Å². The van der Waals surface area contributed by atoms with Crippen molar-refractivity contribution in [2.45, 2.75) is 52.0 Å². The van der Waals surface area contributed by atoms with Crippen LogP contribution < -0.4 is 21.6 Å². The van der Waals surface area contributed by atoms with Crippen LogP contribution in [0.15, 0.2) is 41.5 Å². The van der Waals surface area contributed by atoms with Crippen molar-refractivity contribution in [3.63, 3.8) is 0 Å². The summed E-state index contributed by atoms with van der Waals surface area (Å²) in [4.78, 5) is 17.1. The van der Waals surface area contributed by atoms with Crippen molar-refractivity contribution in [3.8, 4) is 5.75 Å². The predicted molar refractivity (Wildman–Crippen MR) is 134 cm³/mol. The molecule has 9 nitrogen and oxygen atoms in total. The number of hydrogen-bond acceptors (Lipinski definition) is 7. The highest BCUT2D eigenvalue weighted by Gasteiger charge is 2.48. The Morgan fingerprint density at radius 3 is 2.51 bits per heavy atom. The van der Waals surface area contributed by atoms with Crippen LogP contribution in [0.3, 0.4) is 0 Å². The number of pyridine rings is 1. The average Bonchev–Trinajstić information content (AvgIpc) is 2.87. The SMILES string of the molecule is COc1cccc(CNC(=O)c2cc(/C(N)=N/N(N)CC34CCC(CO)(CC3)CC4)cc(C)n2)c1. The number of ether oxygens (including phenoxy) is 1. The number of hydrazine groups is 1. The minimum absolute atomic E-state index is 0.113. The van der Waals surface area contributed by atoms with Gasteiger partial charge >= 0.3 is 0 Å². The number of nitrogens with zero attached hydrogens (tertiary/aromatic N) is 3. The zero-order chi connectivity index (χ0) is 25.1. The van der Waals surface area contributed by atoms with Crippen molar-refractivity contribution in [2.24, 2.45) is 27.5 Å². The molecule has 0 aliphatic heterocycles. The second-order valence-electron chi connectivity index (χ2n) is 10.2. The summed E-state index contributed by atoms with van der Waals surface area (Å²) >= 11 is 0. The minimum atomic E-state index is -0.300. The summed E-state index contributed by atoms with van der Waals surface area (Å²) < 4.78 is 5.23. The van der Waals surface area contributed by atoms with Crippen LogP contribution in [0.5, 0.6) is 5.75 Å². The maximum atomic E-state index is 12.8. The zero-order valence-corrected chi connectivity index (χ0v) is 20.6. The van der Waals surface area contributed by atoms with E-state index in [1.807, 2.05) is 31.2 Å². The topological polar surface area (TPSA) is 139 Å². The van der Waals surface area contributed by atoms with Crippen molar-refractivity contribution in [3.05, 3.63) is 58.9 Å². The molecule has 6 N–H and O–H groups in total. The molecule has 0 unspecified atom stereocenters. The van der Waals surface area contributed by atoms with E-state index in [0.717, 1.165) is 49.8 Å². The maximum absolute atomic E-state index is 12.8. The molecule has 1 aromatic heterocycles. The van der Waals surface area contributed by atoms with Gasteiger partial charge in [-0.3, -0.25) is 4.79 Å². The first-order valence-electron chi connectivity index (χ1n) is 12.1. The number of aryl methyl sites for hydroxylation is 1. The number of aliphatic hydroxyl groups excluding tert-OH is 1. The summed E-state index contributed by atoms with van der Waals surface area (Å²) in [5.74, 6) is 6.95. The molecule has 0 atom stereocenters. The third-order valence-corrected chi connectivity index (χ3v) is 7.70. The van der Waals surface area contributed by atoms with E-state index in [4.69, 9.17) is 16.3 Å². The molecule has 1 heterocycles. The van der Waals surface area contributed by atoms with Gasteiger partial charge in [0.25, 0.3) is 5.91 Å². The molecule has 188 valence electrons. The van der Waals surface area contributed by atoms with Gasteiger partial charge in [0, 0.05) is 24.4 Å². The van der Waals surface area contributed by atoms with E-state index < -0.39 is 0 Å². The molecule has 5 rings (SSSR count). The molecule has 0 spiro atoms. The molecule has 3 aliphatic rings. The van der Waals surface area contributed by atoms with Crippen molar-refractivity contribution < 1.29 is 14.6 Å². The molecular weight excluding hydrogens is 444 g/mol. The minimum Gasteiger partial charge on any atom is -0.497 e. The maximum Gasteiger partial charge on any atom is 0.270 e. The van der Waals surface area contributed by atoms with Crippen LogP contribution >= 0.6 is 0 Å². The molecule has 0 saturated heterocycles. The van der Waals surface area contributed by atoms with E-state index >= 15 is 0 Å². The lowest BCUT2D eigenvalue weighted by molar-refractivity contribution is -0.0564. The fraction of sp³-hybridized carbons (Fsp3) is 0.500. The van der Waals surface area contributed by atoms with Gasteiger partial charge in [-0.2, -0.15) is 0 Å². The number of amides is 1. The first-order chi connectivity index (χ1) is 16.8. The Hall–Kier alpha value is -3.17. The van der Waals surface area contributed by atoms with Crippen molar-refractivity contribution >= 4 is 11.7 Å². The Labute approximate surface area is 206 Å². The van der Waals surface area contributed by atoms with Crippen LogP contribution in [0, 0.1) is 17.8 Å². The predicted octanol–water partition coefficient (Wildman–Crippen LogP) is 2.46. The molecule has 9 heteroatoms. The van der Waals surface area contributed by atoms with Crippen LogP contribution in [0.1, 0.15) is 65.8 Å². The highest BCUT2D eigenvalue weighted by molar-refractivity contribution is 6.00. The molecule has 3 fully saturated rings. The number of carbonyl (C=O) groups is 1. The molecule has 1 amide bonds. The molecule has 1 aromatic carbocycles. The summed E-state index contributed by atoms with van der Waals surface area (Å²) in [6, 6.07) is 10.9. The Balaban J connectivity index is 1.41. The number of hydrazone groups is 1. The standard InChI is InChI=1S/C26H36N6O3/c1-18-12-20(14-22(30-18)24(34)29-15-19-4-3-5-21(13-19)35-2)23(27)31-32(28)16-25-6-9-26(17-33,10-7-25)11-8-25/h3-5,12-14,33H,6-11,15-17,28H2,1-2H3,(H2,27,31)(H,29,34). The van der Waals surface area contributed by atoms with Crippen molar-refractivity contribution in [1.29, 1.82) is 0 Å². The average molecular weight is 481 g/mol. The van der Waals surface area contributed by atoms with Crippen LogP contribution in [-0.2, 0) is 6.54 Å². The highest BCUT2D eigenvalue weighted by Crippen LogP contribution is 2.56. The number of nitrogens with two attached hydrogens (primary N) is 2. The Bertz CT molecular complexity index is 1080. The van der Waals surface area contributed by atoms with E-state index in [1.54, 1.807) is 19.2 Å². The molecule has 3 aliphatic carbocycles. The fourth-order valence-corrected chi connectivity index (χ4v) is 5.38. The Morgan fingerprint density at radius 2 is 1.86 bits per heavy atom. The quantitative estimate of drug-likeness (QED) is 0.187. The van der Waals surface area contributed by atoms with Gasteiger partial charge in [0.05, 0.1) is 13.7 Å². The number of amidine groups is 1. The number of methoxy groups -OCH3 is 1. The summed E-state index contributed by atoms with van der Waals surface area (Å²) in [7, 11) is 1.61. The smallest absolute Gasteiger partial charge is 0.270 e. The summed E-state index contributed by atoms with van der Waals surface area (Å²) in [5.41, 5.74) is 8.98. The van der Waals surface area contributed by atoms with Gasteiger partial charge in [0.1, 0.15) is 11.4 Å². The Kier molecular flexibility index (Phi) is 7.28. The van der Waals surface area contributed by atoms with Gasteiger partial charge in [0.15, 0.2) is 5.84 Å². The summed E-state index contributed by atoms with van der Waals surface area (Å²) in [5, 5.41) is 18.5. The van der Waals surface area contributed by atoms with Crippen LogP contribution in [0.4, 0.5) is 0 Å². The second kappa shape index (κ2) is 10.2. The van der Waals surface area contributed by atoms with E-state index in [1.165, 1.54) is 5.12 Å². The molecular formula is C26H36N6O3. The molecule has 3 saturated carbocycles. The molecule has 2 bridgehead atoms. The van der Waals surface area contributed by atoms with E-state index in [0.29, 0.717) is 24.3 Å². The van der Waals surface area contributed by atoms with E-state index in [9.17, 15) is 9.90 Å². The lowest BCUT2D eigenvalue weighted by Crippen LogP contribution is -2.49. The monoisotopic (exact) mass is 480 g/mol. The number of carbonyl (C=O) groups excluding carboxylic acids is 1. The lowest BCUT2D eigenvalue weighted by Gasteiger charge is -2.53. The van der Waals surface area contributed by atoms with Gasteiger partial charge < -0.3 is 20.9 Å². The largest absolute Gasteiger partial charge is 0.497 e. The van der Waals surface area contributed by atoms with Crippen LogP contribution in [-0.4, -0.2) is 47.2 Å². The Morgan fingerprint density at radius 1 is 1.17 bits per heavy atom. The van der Waals surface area contributed by atoms with Crippen molar-refractivity contribution in [2.75, 3.05) is 20.3 Å². The zero-order valence-electron chi connectivity index (χ0n) is 20.6. The number of hydrogen-bond donors (Lipinski definition) is 4. The van der Waals surface area contributed by atoms with Gasteiger partial charge in [-0.05, 0) is 86.1 Å². The normalized spacial score (nSPS) is 23.7. The lowest BCUT2D eigenvalue weighted by atomic mass is 9.54. The van der Waals surface area contributed by atoms with Crippen molar-refractivity contribution in [1.82, 2.24) is 15.4 Å². The number of nitrogens with one attached hydrogen (secondary N) is 1. The fourth-order valence-electron chi connectivity index (χ4n) is 5.38. The summed E-state index contributed by atoms with van der Waals surface area (Å²) in [6.45, 7) is 3.05. The van der Waals surface area contributed by atoms with Crippen LogP contribution in [0.2, 0.25) is 0 Å². The second-order valence-corrected chi connectivity index (χ2v) is 10.2. The highest BCUT2D eigenvalue weighted by atomic mass is 16.5. The number of fused-ring (bicyclic) bond motifs is 3. The number of aromatic nitrogens is 1. The first-order valence-corrected chi connectivity index (χ1v) is 12.1. The summed E-state index contributed by atoms with van der Waals surface area (Å²) in [6.07, 6.45) is 6.24. The molecule has 0 radical (unpaired) electrons.